The SMILES string of the molecule is Cc1cc(O)ccc1-n1cncc1C1CNCCO1. The largest absolute Gasteiger partial charge is 0.508 e. The lowest BCUT2D eigenvalue weighted by Crippen LogP contribution is -2.34. The van der Waals surface area contributed by atoms with Crippen LogP contribution in [0.4, 0.5) is 0 Å². The van der Waals surface area contributed by atoms with E-state index in [0.717, 1.165) is 30.0 Å². The van der Waals surface area contributed by atoms with Crippen molar-refractivity contribution < 1.29 is 9.84 Å². The van der Waals surface area contributed by atoms with Gasteiger partial charge in [-0.05, 0) is 30.7 Å². The number of ether oxygens (including phenoxy) is 1. The van der Waals surface area contributed by atoms with Crippen LogP contribution in [0.25, 0.3) is 5.69 Å². The lowest BCUT2D eigenvalue weighted by molar-refractivity contribution is 0.0240. The molecule has 1 fully saturated rings. The molecule has 0 radical (unpaired) electrons. The third kappa shape index (κ3) is 2.34. The van der Waals surface area contributed by atoms with Gasteiger partial charge < -0.3 is 19.7 Å². The van der Waals surface area contributed by atoms with Crippen LogP contribution in [-0.4, -0.2) is 34.4 Å². The number of benzene rings is 1. The standard InChI is InChI=1S/C14H17N3O2/c1-10-6-11(18)2-3-12(10)17-9-16-7-13(17)14-8-15-4-5-19-14/h2-3,6-7,9,14-15,18H,4-5,8H2,1H3. The second kappa shape index (κ2) is 5.03. The van der Waals surface area contributed by atoms with E-state index >= 15 is 0 Å². The molecule has 5 heteroatoms. The number of imidazole rings is 1. The van der Waals surface area contributed by atoms with E-state index in [1.165, 1.54) is 0 Å². The fourth-order valence-corrected chi connectivity index (χ4v) is 2.41. The Kier molecular flexibility index (Phi) is 3.23. The van der Waals surface area contributed by atoms with Crippen molar-refractivity contribution in [3.05, 3.63) is 42.0 Å². The maximum absolute atomic E-state index is 9.49. The van der Waals surface area contributed by atoms with E-state index in [2.05, 4.69) is 10.3 Å². The zero-order valence-electron chi connectivity index (χ0n) is 10.8. The highest BCUT2D eigenvalue weighted by atomic mass is 16.5. The van der Waals surface area contributed by atoms with Gasteiger partial charge in [0.25, 0.3) is 0 Å². The van der Waals surface area contributed by atoms with Crippen LogP contribution >= 0.6 is 0 Å². The molecule has 1 aromatic heterocycles. The molecule has 19 heavy (non-hydrogen) atoms. The Morgan fingerprint density at radius 1 is 1.47 bits per heavy atom. The van der Waals surface area contributed by atoms with Gasteiger partial charge in [0.2, 0.25) is 0 Å². The molecular weight excluding hydrogens is 242 g/mol. The van der Waals surface area contributed by atoms with E-state index in [1.54, 1.807) is 18.5 Å². The molecule has 2 heterocycles. The summed E-state index contributed by atoms with van der Waals surface area (Å²) in [5, 5.41) is 12.8. The average Bonchev–Trinajstić information content (AvgIpc) is 2.89. The van der Waals surface area contributed by atoms with E-state index in [4.69, 9.17) is 4.74 Å². The van der Waals surface area contributed by atoms with Gasteiger partial charge in [-0.2, -0.15) is 0 Å². The number of hydrogen-bond donors (Lipinski definition) is 2. The molecule has 5 nitrogen and oxygen atoms in total. The third-order valence-corrected chi connectivity index (χ3v) is 3.36. The van der Waals surface area contributed by atoms with Crippen LogP contribution in [0.2, 0.25) is 0 Å². The summed E-state index contributed by atoms with van der Waals surface area (Å²) in [5.41, 5.74) is 3.04. The molecule has 0 aliphatic carbocycles. The highest BCUT2D eigenvalue weighted by molar-refractivity contribution is 5.45. The van der Waals surface area contributed by atoms with Crippen molar-refractivity contribution in [3.8, 4) is 11.4 Å². The second-order valence-corrected chi connectivity index (χ2v) is 4.72. The topological polar surface area (TPSA) is 59.3 Å². The first-order valence-corrected chi connectivity index (χ1v) is 6.40. The number of aromatic nitrogens is 2. The predicted octanol–water partition coefficient (Wildman–Crippen LogP) is 1.55. The van der Waals surface area contributed by atoms with E-state index in [-0.39, 0.29) is 11.9 Å². The molecule has 1 aliphatic heterocycles. The first-order chi connectivity index (χ1) is 9.25. The zero-order chi connectivity index (χ0) is 13.2. The Balaban J connectivity index is 1.99. The molecular formula is C14H17N3O2. The number of nitrogens with zero attached hydrogens (tertiary/aromatic N) is 2. The second-order valence-electron chi connectivity index (χ2n) is 4.72. The van der Waals surface area contributed by atoms with Gasteiger partial charge in [0.15, 0.2) is 0 Å². The molecule has 1 aliphatic rings. The number of aryl methyl sites for hydroxylation is 1. The summed E-state index contributed by atoms with van der Waals surface area (Å²) in [4.78, 5) is 4.23. The summed E-state index contributed by atoms with van der Waals surface area (Å²) in [6, 6.07) is 5.33. The predicted molar refractivity (Wildman–Crippen MR) is 71.5 cm³/mol. The molecule has 1 aromatic carbocycles. The van der Waals surface area contributed by atoms with E-state index in [1.807, 2.05) is 23.8 Å². The fraction of sp³-hybridized carbons (Fsp3) is 0.357. The van der Waals surface area contributed by atoms with Crippen LogP contribution in [-0.2, 0) is 4.74 Å². The molecule has 3 rings (SSSR count). The minimum atomic E-state index is 0.0180. The Morgan fingerprint density at radius 2 is 2.37 bits per heavy atom. The maximum Gasteiger partial charge on any atom is 0.115 e. The van der Waals surface area contributed by atoms with Crippen LogP contribution in [0, 0.1) is 6.92 Å². The normalized spacial score (nSPS) is 19.5. The van der Waals surface area contributed by atoms with Gasteiger partial charge in [0.1, 0.15) is 11.9 Å². The molecule has 1 unspecified atom stereocenters. The van der Waals surface area contributed by atoms with Crippen LogP contribution in [0.1, 0.15) is 17.4 Å². The van der Waals surface area contributed by atoms with Crippen molar-refractivity contribution in [2.75, 3.05) is 19.7 Å². The molecule has 0 saturated carbocycles. The number of aromatic hydroxyl groups is 1. The number of rotatable bonds is 2. The van der Waals surface area contributed by atoms with Crippen LogP contribution in [0.3, 0.4) is 0 Å². The average molecular weight is 259 g/mol. The number of phenolic OH excluding ortho intramolecular Hbond substituents is 1. The zero-order valence-corrected chi connectivity index (χ0v) is 10.8. The minimum absolute atomic E-state index is 0.0180. The van der Waals surface area contributed by atoms with E-state index in [9.17, 15) is 5.11 Å². The molecule has 0 spiro atoms. The van der Waals surface area contributed by atoms with Gasteiger partial charge in [-0.1, -0.05) is 0 Å². The fourth-order valence-electron chi connectivity index (χ4n) is 2.41. The lowest BCUT2D eigenvalue weighted by Gasteiger charge is -2.24. The van der Waals surface area contributed by atoms with Crippen molar-refractivity contribution in [1.29, 1.82) is 0 Å². The van der Waals surface area contributed by atoms with Crippen LogP contribution in [0.15, 0.2) is 30.7 Å². The van der Waals surface area contributed by atoms with Gasteiger partial charge in [-0.15, -0.1) is 0 Å². The minimum Gasteiger partial charge on any atom is -0.508 e. The summed E-state index contributed by atoms with van der Waals surface area (Å²) in [7, 11) is 0. The molecule has 2 N–H and O–H groups in total. The smallest absolute Gasteiger partial charge is 0.115 e. The van der Waals surface area contributed by atoms with Gasteiger partial charge in [-0.3, -0.25) is 0 Å². The Hall–Kier alpha value is -1.85. The summed E-state index contributed by atoms with van der Waals surface area (Å²) in [6.45, 7) is 4.37. The van der Waals surface area contributed by atoms with Crippen molar-refractivity contribution in [1.82, 2.24) is 14.9 Å². The van der Waals surface area contributed by atoms with Gasteiger partial charge in [0, 0.05) is 13.1 Å². The highest BCUT2D eigenvalue weighted by Gasteiger charge is 2.20. The Morgan fingerprint density at radius 3 is 3.11 bits per heavy atom. The molecule has 100 valence electrons. The number of phenols is 1. The third-order valence-electron chi connectivity index (χ3n) is 3.36. The summed E-state index contributed by atoms with van der Waals surface area (Å²) < 4.78 is 7.80. The maximum atomic E-state index is 9.49. The summed E-state index contributed by atoms with van der Waals surface area (Å²) >= 11 is 0. The number of nitrogens with one attached hydrogen (secondary N) is 1. The van der Waals surface area contributed by atoms with Crippen LogP contribution in [0.5, 0.6) is 5.75 Å². The van der Waals surface area contributed by atoms with Gasteiger partial charge in [0.05, 0.1) is 30.5 Å². The molecule has 0 bridgehead atoms. The van der Waals surface area contributed by atoms with Gasteiger partial charge >= 0.3 is 0 Å². The molecule has 1 atom stereocenters. The van der Waals surface area contributed by atoms with Crippen molar-refractivity contribution in [2.24, 2.45) is 0 Å². The number of hydrogen-bond acceptors (Lipinski definition) is 4. The molecule has 1 saturated heterocycles. The van der Waals surface area contributed by atoms with Gasteiger partial charge in [-0.25, -0.2) is 4.98 Å². The first kappa shape index (κ1) is 12.2. The summed E-state index contributed by atoms with van der Waals surface area (Å²) in [6.07, 6.45) is 3.64. The van der Waals surface area contributed by atoms with E-state index in [0.29, 0.717) is 6.61 Å². The van der Waals surface area contributed by atoms with Crippen molar-refractivity contribution in [3.63, 3.8) is 0 Å². The molecule has 2 aromatic rings. The summed E-state index contributed by atoms with van der Waals surface area (Å²) in [5.74, 6) is 0.276. The molecule has 0 amide bonds. The van der Waals surface area contributed by atoms with Crippen molar-refractivity contribution >= 4 is 0 Å². The lowest BCUT2D eigenvalue weighted by atomic mass is 10.1. The quantitative estimate of drug-likeness (QED) is 0.859. The Bertz CT molecular complexity index is 574. The van der Waals surface area contributed by atoms with E-state index < -0.39 is 0 Å². The first-order valence-electron chi connectivity index (χ1n) is 6.40. The van der Waals surface area contributed by atoms with Crippen LogP contribution < -0.4 is 5.32 Å². The number of morpholine rings is 1. The highest BCUT2D eigenvalue weighted by Crippen LogP contribution is 2.25. The monoisotopic (exact) mass is 259 g/mol. The Labute approximate surface area is 111 Å². The van der Waals surface area contributed by atoms with Crippen molar-refractivity contribution in [2.45, 2.75) is 13.0 Å².